The van der Waals surface area contributed by atoms with Crippen molar-refractivity contribution in [2.24, 2.45) is 16.7 Å². The van der Waals surface area contributed by atoms with Gasteiger partial charge in [-0.1, -0.05) is 26.8 Å². The van der Waals surface area contributed by atoms with E-state index >= 15 is 0 Å². The maximum absolute atomic E-state index is 13.6. The number of Topliss-reactive ketones (excluding diaryl/α,β-unsaturated/α-hetero) is 1. The third-order valence-electron chi connectivity index (χ3n) is 9.22. The van der Waals surface area contributed by atoms with Crippen LogP contribution in [-0.2, 0) is 19.1 Å². The Morgan fingerprint density at radius 1 is 1.28 bits per heavy atom. The van der Waals surface area contributed by atoms with E-state index in [2.05, 4.69) is 6.58 Å². The molecule has 3 fully saturated rings. The first-order valence-electron chi connectivity index (χ1n) is 11.6. The number of fused-ring (bicyclic) bond motifs is 3. The summed E-state index contributed by atoms with van der Waals surface area (Å²) in [6, 6.07) is -0.417. The smallest absolute Gasteiger partial charge is 0.323 e. The van der Waals surface area contributed by atoms with Crippen LogP contribution in [-0.4, -0.2) is 76.0 Å². The zero-order valence-corrected chi connectivity index (χ0v) is 20.9. The lowest BCUT2D eigenvalue weighted by molar-refractivity contribution is -0.332. The van der Waals surface area contributed by atoms with E-state index in [1.807, 2.05) is 27.9 Å². The molecule has 0 aromatic heterocycles. The fraction of sp³-hybridized carbons (Fsp3) is 0.840. The van der Waals surface area contributed by atoms with Crippen LogP contribution in [0, 0.1) is 16.7 Å². The van der Waals surface area contributed by atoms with Crippen molar-refractivity contribution < 1.29 is 29.3 Å². The van der Waals surface area contributed by atoms with Crippen LogP contribution in [0.15, 0.2) is 12.7 Å². The summed E-state index contributed by atoms with van der Waals surface area (Å²) in [7, 11) is 3.63. The molecule has 3 unspecified atom stereocenters. The van der Waals surface area contributed by atoms with Gasteiger partial charge < -0.3 is 19.7 Å². The van der Waals surface area contributed by atoms with E-state index < -0.39 is 45.9 Å². The molecular formula is C25H41NO6. The molecule has 0 bridgehead atoms. The number of nitrogens with zero attached hydrogens (tertiary/aromatic N) is 1. The Bertz CT molecular complexity index is 810. The van der Waals surface area contributed by atoms with Crippen LogP contribution >= 0.6 is 0 Å². The number of ether oxygens (including phenoxy) is 2. The second-order valence-electron chi connectivity index (χ2n) is 11.7. The van der Waals surface area contributed by atoms with Crippen molar-refractivity contribution in [3.8, 4) is 0 Å². The van der Waals surface area contributed by atoms with Gasteiger partial charge in [-0.25, -0.2) is 0 Å². The topological polar surface area (TPSA) is 96.3 Å². The molecule has 8 atom stereocenters. The molecule has 0 radical (unpaired) electrons. The van der Waals surface area contributed by atoms with E-state index in [4.69, 9.17) is 9.47 Å². The van der Waals surface area contributed by atoms with E-state index in [0.717, 1.165) is 0 Å². The highest BCUT2D eigenvalue weighted by atomic mass is 16.6. The lowest BCUT2D eigenvalue weighted by Crippen LogP contribution is -2.81. The van der Waals surface area contributed by atoms with Crippen LogP contribution in [0.25, 0.3) is 0 Å². The Hall–Kier alpha value is -1.28. The van der Waals surface area contributed by atoms with Crippen LogP contribution in [0.1, 0.15) is 67.2 Å². The summed E-state index contributed by atoms with van der Waals surface area (Å²) in [4.78, 5) is 28.1. The standard InChI is InChI=1S/C25H41NO6/c1-10-22(5)14-18(28)25(30)23(6,32-22)12-11-16-21(3,4)19(13-17(27)24(16,25)7)31-20(29)15(2)26(8)9/h10,15-17,19,27,30H,1,11-14H2,2-9H3/t15?,16-,17?,19?,22-,23+,24+,25+/m0/s1. The fourth-order valence-electron chi connectivity index (χ4n) is 6.80. The number of aliphatic hydroxyl groups is 2. The molecule has 7 nitrogen and oxygen atoms in total. The second kappa shape index (κ2) is 7.62. The van der Waals surface area contributed by atoms with E-state index in [1.54, 1.807) is 38.7 Å². The number of likely N-dealkylation sites (N-methyl/N-ethyl adjacent to an activating group) is 1. The lowest BCUT2D eigenvalue weighted by atomic mass is 9.40. The van der Waals surface area contributed by atoms with Gasteiger partial charge in [0, 0.05) is 23.7 Å². The van der Waals surface area contributed by atoms with Gasteiger partial charge in [0.15, 0.2) is 11.4 Å². The number of carbonyl (C=O) groups is 2. The van der Waals surface area contributed by atoms with E-state index in [9.17, 15) is 19.8 Å². The van der Waals surface area contributed by atoms with Gasteiger partial charge >= 0.3 is 5.97 Å². The molecule has 0 aromatic carbocycles. The van der Waals surface area contributed by atoms with Crippen molar-refractivity contribution in [3.05, 3.63) is 12.7 Å². The summed E-state index contributed by atoms with van der Waals surface area (Å²) in [6.07, 6.45) is 1.26. The number of hydrogen-bond acceptors (Lipinski definition) is 7. The van der Waals surface area contributed by atoms with Crippen molar-refractivity contribution in [2.75, 3.05) is 14.1 Å². The number of hydrogen-bond donors (Lipinski definition) is 2. The Kier molecular flexibility index (Phi) is 6.04. The Morgan fingerprint density at radius 3 is 2.41 bits per heavy atom. The Labute approximate surface area is 192 Å². The minimum atomic E-state index is -1.87. The van der Waals surface area contributed by atoms with Gasteiger partial charge in [0.05, 0.1) is 11.7 Å². The van der Waals surface area contributed by atoms with Crippen LogP contribution in [0.3, 0.4) is 0 Å². The van der Waals surface area contributed by atoms with E-state index in [1.165, 1.54) is 0 Å². The van der Waals surface area contributed by atoms with Crippen LogP contribution in [0.4, 0.5) is 0 Å². The minimum Gasteiger partial charge on any atom is -0.461 e. The number of esters is 1. The second-order valence-corrected chi connectivity index (χ2v) is 11.7. The fourth-order valence-corrected chi connectivity index (χ4v) is 6.80. The SMILES string of the molecule is C=C[C@@]1(C)CC(=O)[C@@]2(O)[C@@](C)(CC[C@H]3C(C)(C)C(OC(=O)C(C)N(C)C)CC(O)[C@@]32C)O1. The Morgan fingerprint density at radius 2 is 1.88 bits per heavy atom. The summed E-state index contributed by atoms with van der Waals surface area (Å²) in [6.45, 7) is 15.0. The maximum Gasteiger partial charge on any atom is 0.323 e. The van der Waals surface area contributed by atoms with Gasteiger partial charge in [0.2, 0.25) is 0 Å². The highest BCUT2D eigenvalue weighted by Gasteiger charge is 2.76. The summed E-state index contributed by atoms with van der Waals surface area (Å²) in [5, 5.41) is 23.6. The molecule has 2 saturated carbocycles. The van der Waals surface area contributed by atoms with Crippen molar-refractivity contribution in [2.45, 2.75) is 102 Å². The molecule has 0 spiro atoms. The predicted octanol–water partition coefficient (Wildman–Crippen LogP) is 2.48. The predicted molar refractivity (Wildman–Crippen MR) is 121 cm³/mol. The largest absolute Gasteiger partial charge is 0.461 e. The first-order valence-corrected chi connectivity index (χ1v) is 11.6. The van der Waals surface area contributed by atoms with Crippen LogP contribution in [0.2, 0.25) is 0 Å². The summed E-state index contributed by atoms with van der Waals surface area (Å²) in [5.41, 5.74) is -5.60. The minimum absolute atomic E-state index is 0.00316. The first-order chi connectivity index (χ1) is 14.5. The molecular weight excluding hydrogens is 410 g/mol. The molecule has 3 rings (SSSR count). The van der Waals surface area contributed by atoms with Crippen molar-refractivity contribution >= 4 is 11.8 Å². The van der Waals surface area contributed by atoms with Gasteiger partial charge in [-0.3, -0.25) is 14.5 Å². The van der Waals surface area contributed by atoms with Gasteiger partial charge in [-0.2, -0.15) is 0 Å². The lowest BCUT2D eigenvalue weighted by Gasteiger charge is -2.69. The van der Waals surface area contributed by atoms with E-state index in [0.29, 0.717) is 12.8 Å². The van der Waals surface area contributed by atoms with Gasteiger partial charge in [0.1, 0.15) is 17.7 Å². The number of carbonyl (C=O) groups excluding carboxylic acids is 2. The quantitative estimate of drug-likeness (QED) is 0.501. The average Bonchev–Trinajstić information content (AvgIpc) is 2.68. The molecule has 3 aliphatic rings. The van der Waals surface area contributed by atoms with Gasteiger partial charge in [0.25, 0.3) is 0 Å². The van der Waals surface area contributed by atoms with Gasteiger partial charge in [-0.05, 0) is 53.6 Å². The molecule has 2 aliphatic carbocycles. The molecule has 0 amide bonds. The molecule has 1 aliphatic heterocycles. The van der Waals surface area contributed by atoms with Crippen LogP contribution < -0.4 is 0 Å². The normalized spacial score (nSPS) is 46.7. The number of aliphatic hydroxyl groups excluding tert-OH is 1. The molecule has 2 N–H and O–H groups in total. The highest BCUT2D eigenvalue weighted by molar-refractivity contribution is 5.92. The highest BCUT2D eigenvalue weighted by Crippen LogP contribution is 2.66. The van der Waals surface area contributed by atoms with Crippen LogP contribution in [0.5, 0.6) is 0 Å². The number of rotatable bonds is 4. The molecule has 1 saturated heterocycles. The maximum atomic E-state index is 13.6. The number of ketones is 1. The summed E-state index contributed by atoms with van der Waals surface area (Å²) >= 11 is 0. The monoisotopic (exact) mass is 451 g/mol. The van der Waals surface area contributed by atoms with E-state index in [-0.39, 0.29) is 30.5 Å². The third-order valence-corrected chi connectivity index (χ3v) is 9.22. The summed E-state index contributed by atoms with van der Waals surface area (Å²) in [5.74, 6) is -0.931. The summed E-state index contributed by atoms with van der Waals surface area (Å²) < 4.78 is 12.3. The van der Waals surface area contributed by atoms with Crippen molar-refractivity contribution in [1.82, 2.24) is 4.90 Å². The molecule has 32 heavy (non-hydrogen) atoms. The molecule has 182 valence electrons. The van der Waals surface area contributed by atoms with Crippen molar-refractivity contribution in [1.29, 1.82) is 0 Å². The zero-order chi connectivity index (χ0) is 24.5. The Balaban J connectivity index is 2.02. The molecule has 1 heterocycles. The third kappa shape index (κ3) is 3.23. The van der Waals surface area contributed by atoms with Crippen molar-refractivity contribution in [3.63, 3.8) is 0 Å². The molecule has 0 aromatic rings. The zero-order valence-electron chi connectivity index (χ0n) is 20.9. The average molecular weight is 452 g/mol. The van der Waals surface area contributed by atoms with Gasteiger partial charge in [-0.15, -0.1) is 6.58 Å². The first kappa shape index (κ1) is 25.3. The molecule has 7 heteroatoms.